The third kappa shape index (κ3) is 6.02. The minimum atomic E-state index is -0.354. The molecule has 2 aliphatic rings. The molecule has 2 heteroatoms. The molecule has 0 aliphatic heterocycles. The number of anilines is 2. The largest absolute Gasteiger partial charge is 0.455 e. The summed E-state index contributed by atoms with van der Waals surface area (Å²) >= 11 is 0. The summed E-state index contributed by atoms with van der Waals surface area (Å²) in [5.41, 5.74) is 19.8. The number of fused-ring (bicyclic) bond motifs is 6. The smallest absolute Gasteiger partial charge is 0.142 e. The molecule has 9 aromatic carbocycles. The number of hydrogen-bond acceptors (Lipinski definition) is 2. The molecule has 10 aromatic rings. The molecule has 0 bridgehead atoms. The van der Waals surface area contributed by atoms with E-state index in [4.69, 9.17) is 4.42 Å². The van der Waals surface area contributed by atoms with Crippen molar-refractivity contribution in [3.05, 3.63) is 259 Å². The molecule has 2 atom stereocenters. The zero-order valence-electron chi connectivity index (χ0n) is 35.7. The second-order valence-electron chi connectivity index (χ2n) is 17.2. The van der Waals surface area contributed by atoms with Gasteiger partial charge in [0.25, 0.3) is 0 Å². The highest BCUT2D eigenvalue weighted by atomic mass is 16.3. The van der Waals surface area contributed by atoms with Gasteiger partial charge in [-0.15, -0.1) is 0 Å². The van der Waals surface area contributed by atoms with Gasteiger partial charge in [0.2, 0.25) is 0 Å². The summed E-state index contributed by atoms with van der Waals surface area (Å²) in [6.45, 7) is 2.41. The molecule has 0 N–H and O–H groups in total. The van der Waals surface area contributed by atoms with Crippen LogP contribution in [-0.4, -0.2) is 6.04 Å². The maximum atomic E-state index is 6.77. The summed E-state index contributed by atoms with van der Waals surface area (Å²) in [6.07, 6.45) is 7.67. The molecule has 0 fully saturated rings. The van der Waals surface area contributed by atoms with E-state index >= 15 is 0 Å². The molecule has 2 aliphatic carbocycles. The van der Waals surface area contributed by atoms with E-state index < -0.39 is 0 Å². The second kappa shape index (κ2) is 15.4. The lowest BCUT2D eigenvalue weighted by Crippen LogP contribution is -2.33. The van der Waals surface area contributed by atoms with E-state index in [2.05, 4.69) is 248 Å². The summed E-state index contributed by atoms with van der Waals surface area (Å²) in [4.78, 5) is 2.63. The van der Waals surface area contributed by atoms with E-state index in [0.29, 0.717) is 0 Å². The van der Waals surface area contributed by atoms with E-state index in [1.807, 2.05) is 0 Å². The minimum absolute atomic E-state index is 0.0708. The first-order valence-corrected chi connectivity index (χ1v) is 22.4. The molecule has 0 radical (unpaired) electrons. The van der Waals surface area contributed by atoms with E-state index in [0.717, 1.165) is 45.3 Å². The van der Waals surface area contributed by atoms with E-state index in [9.17, 15) is 0 Å². The normalized spacial score (nSPS) is 16.4. The number of benzene rings is 9. The number of hydrogen-bond donors (Lipinski definition) is 0. The van der Waals surface area contributed by atoms with Gasteiger partial charge in [-0.25, -0.2) is 0 Å². The molecule has 64 heavy (non-hydrogen) atoms. The average Bonchev–Trinajstić information content (AvgIpc) is 3.88. The van der Waals surface area contributed by atoms with Gasteiger partial charge < -0.3 is 9.32 Å². The lowest BCUT2D eigenvalue weighted by atomic mass is 9.74. The standard InChI is InChI=1S/C62H45NO/c1-62(43-23-6-3-7-24-43)56-35-16-12-29-49(56)50-40-39-44(41-57(50)62)63(59-37-18-14-31-52(59)54-33-20-34-55-53-32-15-19-38-60(53)64-61(54)55)58-36-17-13-30-51(58)48-28-11-10-27-47(48)46-26-9-8-25-45(46)42-21-4-2-5-22-42/h2-36,38-41,59H,37H2,1H3. The highest BCUT2D eigenvalue weighted by Gasteiger charge is 2.41. The lowest BCUT2D eigenvalue weighted by Gasteiger charge is -2.38. The van der Waals surface area contributed by atoms with Gasteiger partial charge in [-0.05, 0) is 98.8 Å². The third-order valence-corrected chi connectivity index (χ3v) is 13.8. The Morgan fingerprint density at radius 2 is 1.05 bits per heavy atom. The Morgan fingerprint density at radius 1 is 0.469 bits per heavy atom. The lowest BCUT2D eigenvalue weighted by molar-refractivity contribution is 0.666. The zero-order chi connectivity index (χ0) is 42.6. The predicted molar refractivity (Wildman–Crippen MR) is 268 cm³/mol. The summed E-state index contributed by atoms with van der Waals surface area (Å²) in [5, 5.41) is 2.27. The molecule has 304 valence electrons. The molecule has 2 unspecified atom stereocenters. The van der Waals surface area contributed by atoms with Crippen LogP contribution in [0.1, 0.15) is 35.6 Å². The first-order chi connectivity index (χ1) is 31.7. The van der Waals surface area contributed by atoms with Crippen molar-refractivity contribution in [2.45, 2.75) is 24.8 Å². The quantitative estimate of drug-likeness (QED) is 0.152. The minimum Gasteiger partial charge on any atom is -0.455 e. The fraction of sp³-hybridized carbons (Fsp3) is 0.0645. The summed E-state index contributed by atoms with van der Waals surface area (Å²) in [6, 6.07) is 79.7. The van der Waals surface area contributed by atoms with Crippen LogP contribution in [0, 0.1) is 0 Å². The Morgan fingerprint density at radius 3 is 1.84 bits per heavy atom. The number of para-hydroxylation sites is 3. The van der Waals surface area contributed by atoms with Crippen LogP contribution in [0.25, 0.3) is 72.0 Å². The molecule has 0 spiro atoms. The highest BCUT2D eigenvalue weighted by molar-refractivity contribution is 6.09. The maximum absolute atomic E-state index is 6.77. The Labute approximate surface area is 374 Å². The molecule has 1 aromatic heterocycles. The van der Waals surface area contributed by atoms with Crippen LogP contribution in [0.15, 0.2) is 241 Å². The topological polar surface area (TPSA) is 16.4 Å². The zero-order valence-corrected chi connectivity index (χ0v) is 35.7. The fourth-order valence-corrected chi connectivity index (χ4v) is 10.8. The Balaban J connectivity index is 1.10. The van der Waals surface area contributed by atoms with Crippen molar-refractivity contribution in [1.82, 2.24) is 0 Å². The first kappa shape index (κ1) is 37.8. The predicted octanol–water partition coefficient (Wildman–Crippen LogP) is 16.5. The summed E-state index contributed by atoms with van der Waals surface area (Å²) < 4.78 is 6.77. The Bertz CT molecular complexity index is 3450. The van der Waals surface area contributed by atoms with Crippen molar-refractivity contribution in [2.75, 3.05) is 4.90 Å². The molecular formula is C62H45NO. The Kier molecular flexibility index (Phi) is 9.12. The first-order valence-electron chi connectivity index (χ1n) is 22.4. The molecule has 0 saturated carbocycles. The van der Waals surface area contributed by atoms with Gasteiger partial charge in [-0.1, -0.05) is 212 Å². The summed E-state index contributed by atoms with van der Waals surface area (Å²) in [5.74, 6) is 0. The molecular weight excluding hydrogens is 775 g/mol. The molecule has 0 saturated heterocycles. The third-order valence-electron chi connectivity index (χ3n) is 13.8. The number of nitrogens with zero attached hydrogens (tertiary/aromatic N) is 1. The van der Waals surface area contributed by atoms with Crippen LogP contribution in [-0.2, 0) is 5.41 Å². The molecule has 12 rings (SSSR count). The average molecular weight is 820 g/mol. The van der Waals surface area contributed by atoms with E-state index in [-0.39, 0.29) is 11.5 Å². The van der Waals surface area contributed by atoms with Crippen molar-refractivity contribution >= 4 is 38.9 Å². The van der Waals surface area contributed by atoms with Gasteiger partial charge in [0.05, 0.1) is 6.04 Å². The monoisotopic (exact) mass is 819 g/mol. The van der Waals surface area contributed by atoms with E-state index in [1.54, 1.807) is 0 Å². The van der Waals surface area contributed by atoms with Crippen LogP contribution < -0.4 is 4.90 Å². The van der Waals surface area contributed by atoms with Gasteiger partial charge in [-0.3, -0.25) is 0 Å². The number of rotatable bonds is 8. The van der Waals surface area contributed by atoms with Crippen molar-refractivity contribution in [1.29, 1.82) is 0 Å². The van der Waals surface area contributed by atoms with Crippen molar-refractivity contribution in [3.63, 3.8) is 0 Å². The highest BCUT2D eigenvalue weighted by Crippen LogP contribution is 2.55. The second-order valence-corrected chi connectivity index (χ2v) is 17.2. The molecule has 1 heterocycles. The summed E-state index contributed by atoms with van der Waals surface area (Å²) in [7, 11) is 0. The Hall–Kier alpha value is -7.94. The van der Waals surface area contributed by atoms with Gasteiger partial charge in [-0.2, -0.15) is 0 Å². The SMILES string of the molecule is CC1(c2ccccc2)c2ccccc2-c2ccc(N(c3ccccc3-c3ccccc3-c3ccccc3-c3ccccc3)C3CC=CC=C3c3cccc4c3oc3ccccc34)cc21. The number of furan rings is 1. The van der Waals surface area contributed by atoms with Gasteiger partial charge >= 0.3 is 0 Å². The van der Waals surface area contributed by atoms with Gasteiger partial charge in [0.1, 0.15) is 11.2 Å². The molecule has 2 nitrogen and oxygen atoms in total. The number of allylic oxidation sites excluding steroid dienone is 2. The van der Waals surface area contributed by atoms with Crippen LogP contribution in [0.2, 0.25) is 0 Å². The van der Waals surface area contributed by atoms with Gasteiger partial charge in [0, 0.05) is 38.7 Å². The van der Waals surface area contributed by atoms with E-state index in [1.165, 1.54) is 66.8 Å². The van der Waals surface area contributed by atoms with Gasteiger partial charge in [0.15, 0.2) is 0 Å². The van der Waals surface area contributed by atoms with Crippen LogP contribution in [0.4, 0.5) is 11.4 Å². The maximum Gasteiger partial charge on any atom is 0.142 e. The van der Waals surface area contributed by atoms with Crippen molar-refractivity contribution < 1.29 is 4.42 Å². The fourth-order valence-electron chi connectivity index (χ4n) is 10.8. The van der Waals surface area contributed by atoms with Crippen LogP contribution >= 0.6 is 0 Å². The van der Waals surface area contributed by atoms with Crippen LogP contribution in [0.3, 0.4) is 0 Å². The van der Waals surface area contributed by atoms with Crippen LogP contribution in [0.5, 0.6) is 0 Å². The molecule has 0 amide bonds. The van der Waals surface area contributed by atoms with Crippen molar-refractivity contribution in [2.24, 2.45) is 0 Å². The van der Waals surface area contributed by atoms with Crippen molar-refractivity contribution in [3.8, 4) is 44.5 Å².